The first-order chi connectivity index (χ1) is 8.66. The van der Waals surface area contributed by atoms with Gasteiger partial charge in [-0.3, -0.25) is 4.57 Å². The van der Waals surface area contributed by atoms with E-state index >= 15 is 0 Å². The molecule has 3 N–H and O–H groups in total. The molecule has 0 atom stereocenters. The summed E-state index contributed by atoms with van der Waals surface area (Å²) >= 11 is 6.14. The summed E-state index contributed by atoms with van der Waals surface area (Å²) in [5, 5.41) is 0.446. The van der Waals surface area contributed by atoms with E-state index < -0.39 is 0 Å². The summed E-state index contributed by atoms with van der Waals surface area (Å²) in [5.74, 6) is 0. The molecule has 0 saturated carbocycles. The van der Waals surface area contributed by atoms with Crippen molar-refractivity contribution in [1.29, 1.82) is 0 Å². The summed E-state index contributed by atoms with van der Waals surface area (Å²) in [4.78, 5) is 14.8. The van der Waals surface area contributed by atoms with E-state index in [1.807, 2.05) is 24.3 Å². The molecule has 1 heterocycles. The molecule has 0 unspecified atom stereocenters. The minimum Gasteiger partial charge on any atom is -0.399 e. The van der Waals surface area contributed by atoms with Gasteiger partial charge in [-0.1, -0.05) is 23.7 Å². The number of aromatic amines is 1. The first-order valence-corrected chi connectivity index (χ1v) is 5.80. The zero-order chi connectivity index (χ0) is 12.7. The molecule has 0 amide bonds. The highest BCUT2D eigenvalue weighted by molar-refractivity contribution is 6.32. The Bertz CT molecular complexity index is 788. The minimum absolute atomic E-state index is 0.220. The first kappa shape index (κ1) is 10.9. The Balaban J connectivity index is 2.38. The fourth-order valence-electron chi connectivity index (χ4n) is 2.00. The number of nitrogen functional groups attached to an aromatic ring is 1. The van der Waals surface area contributed by atoms with Crippen LogP contribution in [-0.2, 0) is 0 Å². The highest BCUT2D eigenvalue weighted by Crippen LogP contribution is 2.24. The number of hydrogen-bond acceptors (Lipinski definition) is 2. The van der Waals surface area contributed by atoms with E-state index in [0.29, 0.717) is 16.4 Å². The number of anilines is 1. The third-order valence-corrected chi connectivity index (χ3v) is 3.11. The van der Waals surface area contributed by atoms with Crippen LogP contribution in [0, 0.1) is 0 Å². The smallest absolute Gasteiger partial charge is 0.331 e. The molecule has 3 aromatic rings. The summed E-state index contributed by atoms with van der Waals surface area (Å²) in [6.45, 7) is 0. The van der Waals surface area contributed by atoms with Crippen LogP contribution < -0.4 is 11.4 Å². The number of benzene rings is 2. The number of aromatic nitrogens is 2. The number of hydrogen-bond donors (Lipinski definition) is 2. The van der Waals surface area contributed by atoms with Crippen LogP contribution in [0.1, 0.15) is 0 Å². The maximum absolute atomic E-state index is 12.0. The molecule has 0 saturated heterocycles. The number of nitrogens with one attached hydrogen (secondary N) is 1. The van der Waals surface area contributed by atoms with Crippen LogP contribution in [0.2, 0.25) is 5.02 Å². The normalized spacial score (nSPS) is 10.9. The summed E-state index contributed by atoms with van der Waals surface area (Å²) < 4.78 is 1.54. The van der Waals surface area contributed by atoms with Crippen LogP contribution in [-0.4, -0.2) is 9.55 Å². The monoisotopic (exact) mass is 259 g/mol. The molecule has 2 aromatic carbocycles. The Kier molecular flexibility index (Phi) is 2.38. The van der Waals surface area contributed by atoms with E-state index in [4.69, 9.17) is 17.3 Å². The lowest BCUT2D eigenvalue weighted by atomic mass is 10.2. The van der Waals surface area contributed by atoms with Gasteiger partial charge in [0, 0.05) is 5.69 Å². The summed E-state index contributed by atoms with van der Waals surface area (Å²) in [7, 11) is 0. The first-order valence-electron chi connectivity index (χ1n) is 5.42. The number of fused-ring (bicyclic) bond motifs is 1. The molecule has 0 aliphatic heterocycles. The molecule has 0 bridgehead atoms. The largest absolute Gasteiger partial charge is 0.399 e. The second-order valence-electron chi connectivity index (χ2n) is 3.99. The number of halogens is 1. The van der Waals surface area contributed by atoms with Gasteiger partial charge in [0.15, 0.2) is 0 Å². The molecule has 0 radical (unpaired) electrons. The second kappa shape index (κ2) is 3.92. The van der Waals surface area contributed by atoms with Crippen LogP contribution in [0.15, 0.2) is 47.3 Å². The van der Waals surface area contributed by atoms with Gasteiger partial charge in [-0.15, -0.1) is 0 Å². The van der Waals surface area contributed by atoms with E-state index in [2.05, 4.69) is 4.98 Å². The highest BCUT2D eigenvalue weighted by Gasteiger charge is 2.10. The van der Waals surface area contributed by atoms with Crippen LogP contribution in [0.5, 0.6) is 0 Å². The number of nitrogens with zero attached hydrogens (tertiary/aromatic N) is 1. The highest BCUT2D eigenvalue weighted by atomic mass is 35.5. The molecular weight excluding hydrogens is 250 g/mol. The molecule has 0 fully saturated rings. The SMILES string of the molecule is Nc1ccc(-n2c(=O)[nH]c3ccccc32)c(Cl)c1. The molecule has 4 nitrogen and oxygen atoms in total. The van der Waals surface area contributed by atoms with Crippen molar-refractivity contribution in [1.82, 2.24) is 9.55 Å². The fourth-order valence-corrected chi connectivity index (χ4v) is 2.27. The standard InChI is InChI=1S/C13H10ClN3O/c14-9-7-8(15)5-6-11(9)17-12-4-2-1-3-10(12)16-13(17)18/h1-7H,15H2,(H,16,18). The maximum atomic E-state index is 12.0. The molecular formula is C13H10ClN3O. The lowest BCUT2D eigenvalue weighted by molar-refractivity contribution is 1.02. The summed E-state index contributed by atoms with van der Waals surface area (Å²) in [6.07, 6.45) is 0. The van der Waals surface area contributed by atoms with Crippen molar-refractivity contribution >= 4 is 28.3 Å². The van der Waals surface area contributed by atoms with Crippen molar-refractivity contribution in [2.75, 3.05) is 5.73 Å². The molecule has 1 aromatic heterocycles. The predicted octanol–water partition coefficient (Wildman–Crippen LogP) is 2.55. The van der Waals surface area contributed by atoms with Crippen LogP contribution in [0.3, 0.4) is 0 Å². The molecule has 5 heteroatoms. The lowest BCUT2D eigenvalue weighted by Gasteiger charge is -2.06. The van der Waals surface area contributed by atoms with Crippen LogP contribution >= 0.6 is 11.6 Å². The van der Waals surface area contributed by atoms with Crippen molar-refractivity contribution in [2.45, 2.75) is 0 Å². The van der Waals surface area contributed by atoms with E-state index in [1.54, 1.807) is 18.2 Å². The Morgan fingerprint density at radius 1 is 1.17 bits per heavy atom. The van der Waals surface area contributed by atoms with E-state index in [0.717, 1.165) is 11.0 Å². The predicted molar refractivity (Wildman–Crippen MR) is 73.3 cm³/mol. The van der Waals surface area contributed by atoms with Crippen molar-refractivity contribution in [2.24, 2.45) is 0 Å². The molecule has 0 aliphatic rings. The number of rotatable bonds is 1. The molecule has 0 spiro atoms. The zero-order valence-electron chi connectivity index (χ0n) is 9.35. The maximum Gasteiger partial charge on any atom is 0.331 e. The van der Waals surface area contributed by atoms with Crippen molar-refractivity contribution < 1.29 is 0 Å². The molecule has 3 rings (SSSR count). The van der Waals surface area contributed by atoms with Crippen molar-refractivity contribution in [3.63, 3.8) is 0 Å². The third kappa shape index (κ3) is 1.58. The quantitative estimate of drug-likeness (QED) is 0.660. The Labute approximate surface area is 108 Å². The fraction of sp³-hybridized carbons (Fsp3) is 0. The lowest BCUT2D eigenvalue weighted by Crippen LogP contribution is -2.15. The van der Waals surface area contributed by atoms with Crippen molar-refractivity contribution in [3.8, 4) is 5.69 Å². The second-order valence-corrected chi connectivity index (χ2v) is 4.40. The van der Waals surface area contributed by atoms with Gasteiger partial charge in [0.2, 0.25) is 0 Å². The molecule has 18 heavy (non-hydrogen) atoms. The number of nitrogens with two attached hydrogens (primary N) is 1. The van der Waals surface area contributed by atoms with Gasteiger partial charge in [-0.2, -0.15) is 0 Å². The van der Waals surface area contributed by atoms with E-state index in [9.17, 15) is 4.79 Å². The summed E-state index contributed by atoms with van der Waals surface area (Å²) in [6, 6.07) is 12.5. The average molecular weight is 260 g/mol. The van der Waals surface area contributed by atoms with Gasteiger partial charge in [-0.05, 0) is 30.3 Å². The third-order valence-electron chi connectivity index (χ3n) is 2.80. The Hall–Kier alpha value is -2.20. The van der Waals surface area contributed by atoms with Gasteiger partial charge < -0.3 is 10.7 Å². The average Bonchev–Trinajstić information content (AvgIpc) is 2.66. The van der Waals surface area contributed by atoms with E-state index in [-0.39, 0.29) is 5.69 Å². The van der Waals surface area contributed by atoms with Gasteiger partial charge in [0.25, 0.3) is 0 Å². The summed E-state index contributed by atoms with van der Waals surface area (Å²) in [5.41, 5.74) is 8.18. The number of para-hydroxylation sites is 2. The topological polar surface area (TPSA) is 63.8 Å². The van der Waals surface area contributed by atoms with E-state index in [1.165, 1.54) is 4.57 Å². The Morgan fingerprint density at radius 2 is 1.94 bits per heavy atom. The van der Waals surface area contributed by atoms with Crippen LogP contribution in [0.25, 0.3) is 16.7 Å². The van der Waals surface area contributed by atoms with Gasteiger partial charge in [0.1, 0.15) is 0 Å². The van der Waals surface area contributed by atoms with Gasteiger partial charge >= 0.3 is 5.69 Å². The van der Waals surface area contributed by atoms with Crippen molar-refractivity contribution in [3.05, 3.63) is 58.0 Å². The molecule has 90 valence electrons. The van der Waals surface area contributed by atoms with Gasteiger partial charge in [-0.25, -0.2) is 4.79 Å². The minimum atomic E-state index is -0.220. The number of imidazole rings is 1. The Morgan fingerprint density at radius 3 is 2.72 bits per heavy atom. The molecule has 0 aliphatic carbocycles. The van der Waals surface area contributed by atoms with Crippen LogP contribution in [0.4, 0.5) is 5.69 Å². The zero-order valence-corrected chi connectivity index (χ0v) is 10.1. The number of H-pyrrole nitrogens is 1. The van der Waals surface area contributed by atoms with Gasteiger partial charge in [0.05, 0.1) is 21.7 Å².